The number of benzene rings is 1. The zero-order chi connectivity index (χ0) is 10.0. The maximum Gasteiger partial charge on any atom is 0.219 e. The van der Waals surface area contributed by atoms with Gasteiger partial charge in [0.15, 0.2) is 0 Å². The Balaban J connectivity index is 2.30. The molecule has 1 saturated heterocycles. The number of aryl methyl sites for hydroxylation is 1. The van der Waals surface area contributed by atoms with E-state index in [9.17, 15) is 0 Å². The van der Waals surface area contributed by atoms with Crippen molar-refractivity contribution >= 4 is 45.2 Å². The largest absolute Gasteiger partial charge is 0.219 e. The fourth-order valence-electron chi connectivity index (χ4n) is 1.46. The Labute approximate surface area is 99.6 Å². The lowest BCUT2D eigenvalue weighted by Gasteiger charge is -2.10. The van der Waals surface area contributed by atoms with E-state index in [4.69, 9.17) is 12.2 Å². The number of thiol groups is 1. The van der Waals surface area contributed by atoms with Gasteiger partial charge in [-0.1, -0.05) is 19.1 Å². The van der Waals surface area contributed by atoms with Crippen LogP contribution in [-0.4, -0.2) is 11.5 Å². The molecular formula is C10H14PS3+. The molecule has 0 nitrogen and oxygen atoms in total. The third-order valence-electron chi connectivity index (χ3n) is 2.26. The van der Waals surface area contributed by atoms with E-state index in [1.807, 2.05) is 0 Å². The maximum absolute atomic E-state index is 4.89. The maximum atomic E-state index is 4.89. The van der Waals surface area contributed by atoms with Crippen LogP contribution >= 0.6 is 39.9 Å². The third kappa shape index (κ3) is 2.27. The van der Waals surface area contributed by atoms with Crippen molar-refractivity contribution in [2.24, 2.45) is 0 Å². The first-order valence-electron chi connectivity index (χ1n) is 4.75. The zero-order valence-corrected chi connectivity index (χ0v) is 11.6. The first-order chi connectivity index (χ1) is 6.74. The molecule has 4 heteroatoms. The van der Waals surface area contributed by atoms with Crippen LogP contribution in [0.25, 0.3) is 0 Å². The van der Waals surface area contributed by atoms with Crippen LogP contribution in [0.15, 0.2) is 24.3 Å². The highest BCUT2D eigenvalue weighted by Crippen LogP contribution is 2.85. The van der Waals surface area contributed by atoms with Crippen molar-refractivity contribution < 1.29 is 0 Å². The standard InChI is InChI=1S/C10H14PS3/c1-2-9-4-3-5-10(8-9)11(12)13-6-7-14-11/h3-5,8,12H,2,6-7H2,1H3/q+1. The Morgan fingerprint density at radius 2 is 2.07 bits per heavy atom. The Morgan fingerprint density at radius 1 is 1.36 bits per heavy atom. The Hall–Kier alpha value is 0.700. The first-order valence-corrected chi connectivity index (χ1v) is 10.9. The molecule has 0 unspecified atom stereocenters. The van der Waals surface area contributed by atoms with Crippen LogP contribution in [-0.2, 0) is 6.42 Å². The van der Waals surface area contributed by atoms with Gasteiger partial charge in [-0.05, 0) is 24.1 Å². The van der Waals surface area contributed by atoms with Crippen LogP contribution in [0.3, 0.4) is 0 Å². The summed E-state index contributed by atoms with van der Waals surface area (Å²) in [5.41, 5.74) is 1.43. The second kappa shape index (κ2) is 4.69. The summed E-state index contributed by atoms with van der Waals surface area (Å²) in [6.07, 6.45) is 1.12. The molecule has 0 spiro atoms. The lowest BCUT2D eigenvalue weighted by molar-refractivity contribution is 1.14. The molecule has 2 rings (SSSR count). The Morgan fingerprint density at radius 3 is 2.71 bits per heavy atom. The van der Waals surface area contributed by atoms with Gasteiger partial charge in [0.2, 0.25) is 4.87 Å². The molecule has 1 aliphatic heterocycles. The van der Waals surface area contributed by atoms with Gasteiger partial charge in [0.25, 0.3) is 0 Å². The molecular weight excluding hydrogens is 247 g/mol. The normalized spacial score (nSPS) is 19.9. The second-order valence-corrected chi connectivity index (χ2v) is 15.1. The molecule has 0 aliphatic carbocycles. The van der Waals surface area contributed by atoms with E-state index in [-0.39, 0.29) is 0 Å². The van der Waals surface area contributed by atoms with E-state index in [0.29, 0.717) is 0 Å². The first kappa shape index (κ1) is 11.2. The molecule has 0 saturated carbocycles. The van der Waals surface area contributed by atoms with Crippen molar-refractivity contribution in [1.29, 1.82) is 0 Å². The fourth-order valence-corrected chi connectivity index (χ4v) is 12.0. The van der Waals surface area contributed by atoms with Crippen molar-refractivity contribution in [1.82, 2.24) is 0 Å². The summed E-state index contributed by atoms with van der Waals surface area (Å²) in [6, 6.07) is 8.96. The predicted molar refractivity (Wildman–Crippen MR) is 76.3 cm³/mol. The van der Waals surface area contributed by atoms with Crippen molar-refractivity contribution in [2.45, 2.75) is 13.3 Å². The highest BCUT2D eigenvalue weighted by atomic mass is 33.4. The topological polar surface area (TPSA) is 0 Å². The lowest BCUT2D eigenvalue weighted by atomic mass is 10.2. The summed E-state index contributed by atoms with van der Waals surface area (Å²) in [7, 11) is 0. The van der Waals surface area contributed by atoms with E-state index in [0.717, 1.165) is 6.42 Å². The van der Waals surface area contributed by atoms with Crippen LogP contribution < -0.4 is 5.30 Å². The van der Waals surface area contributed by atoms with Gasteiger partial charge in [-0.2, -0.15) is 0 Å². The average molecular weight is 261 g/mol. The molecule has 76 valence electrons. The monoisotopic (exact) mass is 261 g/mol. The SMILES string of the molecule is CCc1cccc([P+]2(S)SCCS2)c1. The summed E-state index contributed by atoms with van der Waals surface area (Å²) in [6.45, 7) is 2.21. The second-order valence-electron chi connectivity index (χ2n) is 3.21. The summed E-state index contributed by atoms with van der Waals surface area (Å²) in [4.78, 5) is -1.18. The quantitative estimate of drug-likeness (QED) is 0.630. The Bertz CT molecular complexity index is 321. The summed E-state index contributed by atoms with van der Waals surface area (Å²) >= 11 is 9.00. The van der Waals surface area contributed by atoms with Crippen LogP contribution in [0.2, 0.25) is 0 Å². The highest BCUT2D eigenvalue weighted by Gasteiger charge is 2.44. The Kier molecular flexibility index (Phi) is 3.75. The van der Waals surface area contributed by atoms with Gasteiger partial charge in [-0.15, -0.1) is 0 Å². The zero-order valence-electron chi connectivity index (χ0n) is 8.14. The molecule has 0 atom stereocenters. The van der Waals surface area contributed by atoms with Crippen LogP contribution in [0.4, 0.5) is 0 Å². The molecule has 1 aromatic carbocycles. The van der Waals surface area contributed by atoms with E-state index < -0.39 is 4.87 Å². The van der Waals surface area contributed by atoms with E-state index in [1.54, 1.807) is 0 Å². The number of hydrogen-bond donors (Lipinski definition) is 1. The van der Waals surface area contributed by atoms with Crippen LogP contribution in [0.5, 0.6) is 0 Å². The van der Waals surface area contributed by atoms with E-state index in [2.05, 4.69) is 54.0 Å². The van der Waals surface area contributed by atoms with Gasteiger partial charge >= 0.3 is 0 Å². The average Bonchev–Trinajstić information content (AvgIpc) is 2.67. The minimum absolute atomic E-state index is 1.12. The van der Waals surface area contributed by atoms with Gasteiger partial charge in [0, 0.05) is 46.5 Å². The third-order valence-corrected chi connectivity index (χ3v) is 14.1. The predicted octanol–water partition coefficient (Wildman–Crippen LogP) is 4.05. The smallest absolute Gasteiger partial charge is 0.0613 e. The summed E-state index contributed by atoms with van der Waals surface area (Å²) in [5.74, 6) is 2.52. The fraction of sp³-hybridized carbons (Fsp3) is 0.400. The van der Waals surface area contributed by atoms with Gasteiger partial charge in [-0.25, -0.2) is 0 Å². The van der Waals surface area contributed by atoms with Gasteiger partial charge in [0.1, 0.15) is 5.30 Å². The molecule has 14 heavy (non-hydrogen) atoms. The van der Waals surface area contributed by atoms with E-state index >= 15 is 0 Å². The molecule has 1 heterocycles. The molecule has 0 radical (unpaired) electrons. The number of rotatable bonds is 2. The summed E-state index contributed by atoms with van der Waals surface area (Å²) in [5, 5.41) is 1.47. The van der Waals surface area contributed by atoms with Gasteiger partial charge in [0.05, 0.1) is 0 Å². The van der Waals surface area contributed by atoms with Gasteiger partial charge in [-0.3, -0.25) is 0 Å². The van der Waals surface area contributed by atoms with Crippen molar-refractivity contribution in [3.8, 4) is 0 Å². The molecule has 0 aromatic heterocycles. The van der Waals surface area contributed by atoms with Crippen LogP contribution in [0, 0.1) is 0 Å². The van der Waals surface area contributed by atoms with Crippen molar-refractivity contribution in [3.05, 3.63) is 29.8 Å². The minimum atomic E-state index is -1.18. The minimum Gasteiger partial charge on any atom is -0.0613 e. The summed E-state index contributed by atoms with van der Waals surface area (Å²) < 4.78 is 0. The van der Waals surface area contributed by atoms with Crippen LogP contribution in [0.1, 0.15) is 12.5 Å². The molecule has 1 aliphatic rings. The molecule has 0 N–H and O–H groups in total. The highest BCUT2D eigenvalue weighted by molar-refractivity contribution is 9.18. The van der Waals surface area contributed by atoms with Gasteiger partial charge < -0.3 is 0 Å². The van der Waals surface area contributed by atoms with E-state index in [1.165, 1.54) is 22.4 Å². The lowest BCUT2D eigenvalue weighted by Crippen LogP contribution is -2.01. The number of hydrogen-bond acceptors (Lipinski definition) is 3. The molecule has 0 amide bonds. The molecule has 1 fully saturated rings. The molecule has 1 aromatic rings. The molecule has 0 bridgehead atoms. The van der Waals surface area contributed by atoms with Crippen molar-refractivity contribution in [3.63, 3.8) is 0 Å². The van der Waals surface area contributed by atoms with Crippen molar-refractivity contribution in [2.75, 3.05) is 11.5 Å².